The predicted octanol–water partition coefficient (Wildman–Crippen LogP) is 1.55. The summed E-state index contributed by atoms with van der Waals surface area (Å²) in [6, 6.07) is 8.77. The van der Waals surface area contributed by atoms with Crippen LogP contribution in [0, 0.1) is 5.92 Å². The lowest BCUT2D eigenvalue weighted by Crippen LogP contribution is -2.41. The number of anilines is 2. The zero-order valence-corrected chi connectivity index (χ0v) is 10.5. The molecular weight excluding hydrogens is 210 g/mol. The molecule has 17 heavy (non-hydrogen) atoms. The van der Waals surface area contributed by atoms with Crippen molar-refractivity contribution in [1.82, 2.24) is 5.32 Å². The van der Waals surface area contributed by atoms with Gasteiger partial charge in [0.1, 0.15) is 0 Å². The fourth-order valence-electron chi connectivity index (χ4n) is 2.94. The molecule has 0 aliphatic carbocycles. The number of hydrogen-bond donors (Lipinski definition) is 1. The van der Waals surface area contributed by atoms with E-state index in [1.54, 1.807) is 0 Å². The lowest BCUT2D eigenvalue weighted by molar-refractivity contribution is 0.553. The molecule has 1 atom stereocenters. The number of benzene rings is 1. The van der Waals surface area contributed by atoms with E-state index in [-0.39, 0.29) is 0 Å². The third kappa shape index (κ3) is 2.12. The van der Waals surface area contributed by atoms with Gasteiger partial charge in [-0.1, -0.05) is 12.1 Å². The summed E-state index contributed by atoms with van der Waals surface area (Å²) in [5.74, 6) is 0.825. The largest absolute Gasteiger partial charge is 0.371 e. The van der Waals surface area contributed by atoms with E-state index in [4.69, 9.17) is 0 Å². The Kier molecular flexibility index (Phi) is 2.93. The van der Waals surface area contributed by atoms with Gasteiger partial charge in [-0.25, -0.2) is 0 Å². The van der Waals surface area contributed by atoms with Crippen LogP contribution in [0.15, 0.2) is 24.3 Å². The van der Waals surface area contributed by atoms with Gasteiger partial charge in [0.05, 0.1) is 11.4 Å². The number of likely N-dealkylation sites (N-methyl/N-ethyl adjacent to an activating group) is 1. The van der Waals surface area contributed by atoms with Crippen molar-refractivity contribution in [2.24, 2.45) is 5.92 Å². The molecule has 1 aromatic carbocycles. The minimum atomic E-state index is 0.825. The Labute approximate surface area is 103 Å². The Morgan fingerprint density at radius 1 is 1.24 bits per heavy atom. The normalized spacial score (nSPS) is 23.9. The van der Waals surface area contributed by atoms with Gasteiger partial charge >= 0.3 is 0 Å². The Morgan fingerprint density at radius 2 is 2.06 bits per heavy atom. The summed E-state index contributed by atoms with van der Waals surface area (Å²) in [4.78, 5) is 4.92. The molecule has 0 amide bonds. The molecule has 1 fully saturated rings. The average Bonchev–Trinajstić information content (AvgIpc) is 2.86. The van der Waals surface area contributed by atoms with Crippen molar-refractivity contribution in [2.75, 3.05) is 49.6 Å². The molecule has 92 valence electrons. The predicted molar refractivity (Wildman–Crippen MR) is 72.9 cm³/mol. The highest BCUT2D eigenvalue weighted by Crippen LogP contribution is 2.32. The van der Waals surface area contributed by atoms with Gasteiger partial charge in [-0.3, -0.25) is 0 Å². The molecule has 3 rings (SSSR count). The van der Waals surface area contributed by atoms with Gasteiger partial charge in [-0.15, -0.1) is 0 Å². The molecule has 1 aromatic rings. The van der Waals surface area contributed by atoms with Crippen LogP contribution in [-0.4, -0.2) is 39.8 Å². The van der Waals surface area contributed by atoms with E-state index in [0.29, 0.717) is 0 Å². The van der Waals surface area contributed by atoms with E-state index < -0.39 is 0 Å². The minimum absolute atomic E-state index is 0.825. The molecule has 2 aliphatic heterocycles. The van der Waals surface area contributed by atoms with Gasteiger partial charge in [0.2, 0.25) is 0 Å². The average molecular weight is 231 g/mol. The van der Waals surface area contributed by atoms with Crippen molar-refractivity contribution in [3.05, 3.63) is 24.3 Å². The first-order valence-electron chi connectivity index (χ1n) is 6.60. The van der Waals surface area contributed by atoms with E-state index in [1.165, 1.54) is 37.4 Å². The summed E-state index contributed by atoms with van der Waals surface area (Å²) in [5, 5.41) is 3.46. The van der Waals surface area contributed by atoms with E-state index >= 15 is 0 Å². The highest BCUT2D eigenvalue weighted by atomic mass is 15.3. The molecule has 1 saturated heterocycles. The molecule has 1 unspecified atom stereocenters. The van der Waals surface area contributed by atoms with E-state index in [2.05, 4.69) is 46.4 Å². The van der Waals surface area contributed by atoms with Gasteiger partial charge in [-0.05, 0) is 37.6 Å². The highest BCUT2D eigenvalue weighted by Gasteiger charge is 2.23. The smallest absolute Gasteiger partial charge is 0.0604 e. The van der Waals surface area contributed by atoms with Gasteiger partial charge < -0.3 is 15.1 Å². The fraction of sp³-hybridized carbons (Fsp3) is 0.571. The maximum absolute atomic E-state index is 3.46. The van der Waals surface area contributed by atoms with Crippen molar-refractivity contribution >= 4 is 11.4 Å². The standard InChI is InChI=1S/C14H21N3/c1-16-8-9-17(11-12-6-7-15-10-12)14-5-3-2-4-13(14)16/h2-5,12,15H,6-11H2,1H3. The van der Waals surface area contributed by atoms with Gasteiger partial charge in [0.15, 0.2) is 0 Å². The van der Waals surface area contributed by atoms with Crippen molar-refractivity contribution in [3.8, 4) is 0 Å². The van der Waals surface area contributed by atoms with Gasteiger partial charge in [0.25, 0.3) is 0 Å². The maximum Gasteiger partial charge on any atom is 0.0604 e. The van der Waals surface area contributed by atoms with Crippen LogP contribution in [0.4, 0.5) is 11.4 Å². The number of hydrogen-bond acceptors (Lipinski definition) is 3. The second-order valence-corrected chi connectivity index (χ2v) is 5.22. The van der Waals surface area contributed by atoms with Crippen molar-refractivity contribution < 1.29 is 0 Å². The molecule has 1 N–H and O–H groups in total. The SMILES string of the molecule is CN1CCN(CC2CCNC2)c2ccccc21. The van der Waals surface area contributed by atoms with Crippen LogP contribution in [0.2, 0.25) is 0 Å². The first-order valence-corrected chi connectivity index (χ1v) is 6.60. The van der Waals surface area contributed by atoms with Crippen LogP contribution in [-0.2, 0) is 0 Å². The summed E-state index contributed by atoms with van der Waals surface area (Å²) in [5.41, 5.74) is 2.79. The van der Waals surface area contributed by atoms with Crippen LogP contribution in [0.1, 0.15) is 6.42 Å². The number of para-hydroxylation sites is 2. The lowest BCUT2D eigenvalue weighted by atomic mass is 10.1. The number of nitrogens with one attached hydrogen (secondary N) is 1. The summed E-state index contributed by atoms with van der Waals surface area (Å²) in [6.45, 7) is 5.88. The van der Waals surface area contributed by atoms with Crippen LogP contribution in [0.5, 0.6) is 0 Å². The quantitative estimate of drug-likeness (QED) is 0.833. The van der Waals surface area contributed by atoms with Crippen molar-refractivity contribution in [2.45, 2.75) is 6.42 Å². The zero-order valence-electron chi connectivity index (χ0n) is 10.5. The van der Waals surface area contributed by atoms with E-state index in [1.807, 2.05) is 0 Å². The first kappa shape index (κ1) is 10.9. The molecule has 0 bridgehead atoms. The van der Waals surface area contributed by atoms with E-state index in [9.17, 15) is 0 Å². The summed E-state index contributed by atoms with van der Waals surface area (Å²) >= 11 is 0. The Morgan fingerprint density at radius 3 is 2.82 bits per heavy atom. The second-order valence-electron chi connectivity index (χ2n) is 5.22. The van der Waals surface area contributed by atoms with Crippen LogP contribution in [0.25, 0.3) is 0 Å². The third-order valence-electron chi connectivity index (χ3n) is 3.98. The zero-order chi connectivity index (χ0) is 11.7. The maximum atomic E-state index is 3.46. The van der Waals surface area contributed by atoms with Crippen LogP contribution < -0.4 is 15.1 Å². The molecule has 0 aromatic heterocycles. The third-order valence-corrected chi connectivity index (χ3v) is 3.98. The summed E-state index contributed by atoms with van der Waals surface area (Å²) in [6.07, 6.45) is 1.33. The summed E-state index contributed by atoms with van der Waals surface area (Å²) in [7, 11) is 2.19. The molecule has 0 radical (unpaired) electrons. The van der Waals surface area contributed by atoms with E-state index in [0.717, 1.165) is 19.0 Å². The van der Waals surface area contributed by atoms with Gasteiger partial charge in [0, 0.05) is 26.7 Å². The van der Waals surface area contributed by atoms with Gasteiger partial charge in [-0.2, -0.15) is 0 Å². The Balaban J connectivity index is 1.79. The number of nitrogens with zero attached hydrogens (tertiary/aromatic N) is 2. The topological polar surface area (TPSA) is 18.5 Å². The molecule has 0 spiro atoms. The van der Waals surface area contributed by atoms with Crippen molar-refractivity contribution in [1.29, 1.82) is 0 Å². The molecule has 0 saturated carbocycles. The first-order chi connectivity index (χ1) is 8.34. The minimum Gasteiger partial charge on any atom is -0.371 e. The van der Waals surface area contributed by atoms with Crippen LogP contribution >= 0.6 is 0 Å². The molecule has 3 heteroatoms. The molecule has 2 heterocycles. The molecular formula is C14H21N3. The Bertz CT molecular complexity index is 385. The second kappa shape index (κ2) is 4.57. The monoisotopic (exact) mass is 231 g/mol. The number of fused-ring (bicyclic) bond motifs is 1. The summed E-state index contributed by atoms with van der Waals surface area (Å²) < 4.78 is 0. The molecule has 2 aliphatic rings. The number of rotatable bonds is 2. The van der Waals surface area contributed by atoms with Crippen molar-refractivity contribution in [3.63, 3.8) is 0 Å². The fourth-order valence-corrected chi connectivity index (χ4v) is 2.94. The lowest BCUT2D eigenvalue weighted by Gasteiger charge is -2.38. The Hall–Kier alpha value is -1.22. The highest BCUT2D eigenvalue weighted by molar-refractivity contribution is 5.73. The molecule has 3 nitrogen and oxygen atoms in total. The van der Waals surface area contributed by atoms with Crippen LogP contribution in [0.3, 0.4) is 0 Å².